The average Bonchev–Trinajstić information content (AvgIpc) is 3.11. The van der Waals surface area contributed by atoms with E-state index in [2.05, 4.69) is 17.3 Å². The average molecular weight is 396 g/mol. The predicted octanol–water partition coefficient (Wildman–Crippen LogP) is 4.08. The van der Waals surface area contributed by atoms with Gasteiger partial charge in [0.25, 0.3) is 5.91 Å². The van der Waals surface area contributed by atoms with Gasteiger partial charge in [-0.25, -0.2) is 4.79 Å². The Morgan fingerprint density at radius 3 is 2.92 bits per heavy atom. The number of anilines is 1. The van der Waals surface area contributed by atoms with Gasteiger partial charge in [0.15, 0.2) is 5.69 Å². The number of fused-ring (bicyclic) bond motifs is 1. The smallest absolute Gasteiger partial charge is 0.341 e. The quantitative estimate of drug-likeness (QED) is 0.774. The van der Waals surface area contributed by atoms with Crippen molar-refractivity contribution in [3.8, 4) is 0 Å². The molecule has 0 spiro atoms. The molecule has 2 aromatic rings. The number of ether oxygens (including phenoxy) is 1. The van der Waals surface area contributed by atoms with Crippen molar-refractivity contribution in [2.45, 2.75) is 39.5 Å². The molecule has 0 aromatic carbocycles. The summed E-state index contributed by atoms with van der Waals surface area (Å²) in [7, 11) is 1.70. The highest BCUT2D eigenvalue weighted by atomic mass is 35.5. The van der Waals surface area contributed by atoms with E-state index >= 15 is 0 Å². The van der Waals surface area contributed by atoms with Gasteiger partial charge in [-0.1, -0.05) is 25.4 Å². The molecule has 0 bridgehead atoms. The minimum atomic E-state index is -0.424. The number of nitrogens with zero attached hydrogens (tertiary/aromatic N) is 2. The lowest BCUT2D eigenvalue weighted by Crippen LogP contribution is -2.17. The number of thiophene rings is 1. The van der Waals surface area contributed by atoms with E-state index in [0.717, 1.165) is 36.1 Å². The Bertz CT molecular complexity index is 843. The van der Waals surface area contributed by atoms with E-state index in [1.807, 2.05) is 6.92 Å². The van der Waals surface area contributed by atoms with Gasteiger partial charge < -0.3 is 10.1 Å². The largest absolute Gasteiger partial charge is 0.462 e. The second-order valence-corrected chi connectivity index (χ2v) is 8.16. The maximum Gasteiger partial charge on any atom is 0.341 e. The zero-order chi connectivity index (χ0) is 18.8. The highest BCUT2D eigenvalue weighted by Gasteiger charge is 2.30. The number of rotatable bonds is 5. The van der Waals surface area contributed by atoms with Crippen LogP contribution in [0.5, 0.6) is 0 Å². The molecule has 140 valence electrons. The Kier molecular flexibility index (Phi) is 5.67. The summed E-state index contributed by atoms with van der Waals surface area (Å²) in [5.41, 5.74) is 1.64. The van der Waals surface area contributed by atoms with Crippen LogP contribution >= 0.6 is 22.9 Å². The van der Waals surface area contributed by atoms with Gasteiger partial charge in [0.05, 0.1) is 17.2 Å². The lowest BCUT2D eigenvalue weighted by atomic mass is 9.88. The summed E-state index contributed by atoms with van der Waals surface area (Å²) in [6.45, 7) is 4.51. The van der Waals surface area contributed by atoms with Gasteiger partial charge in [-0.05, 0) is 37.2 Å². The van der Waals surface area contributed by atoms with Crippen molar-refractivity contribution < 1.29 is 14.3 Å². The first-order chi connectivity index (χ1) is 12.4. The Hall–Kier alpha value is -1.86. The van der Waals surface area contributed by atoms with Crippen molar-refractivity contribution in [1.29, 1.82) is 0 Å². The highest BCUT2D eigenvalue weighted by Crippen LogP contribution is 2.40. The summed E-state index contributed by atoms with van der Waals surface area (Å²) in [6, 6.07) is 0. The summed E-state index contributed by atoms with van der Waals surface area (Å²) in [6.07, 6.45) is 5.07. The Morgan fingerprint density at radius 1 is 1.50 bits per heavy atom. The Labute approximate surface area is 161 Å². The molecule has 0 radical (unpaired) electrons. The third kappa shape index (κ3) is 3.78. The van der Waals surface area contributed by atoms with E-state index in [1.165, 1.54) is 16.0 Å². The van der Waals surface area contributed by atoms with Crippen molar-refractivity contribution in [1.82, 2.24) is 9.78 Å². The third-order valence-electron chi connectivity index (χ3n) is 4.38. The molecule has 0 saturated carbocycles. The first kappa shape index (κ1) is 18.9. The highest BCUT2D eigenvalue weighted by molar-refractivity contribution is 7.17. The van der Waals surface area contributed by atoms with Crippen LogP contribution in [0.2, 0.25) is 5.02 Å². The molecule has 3 rings (SSSR count). The molecule has 1 amide bonds. The standard InChI is InChI=1S/C18H22ClN3O3S/c1-4-7-25-18(24)14-11-6-5-10(2)8-13(11)26-17(14)20-16(23)15-12(19)9-22(3)21-15/h9-10H,4-8H2,1-3H3,(H,20,23)/t10-/m1/s1. The molecule has 0 unspecified atom stereocenters. The molecule has 2 aromatic heterocycles. The van der Waals surface area contributed by atoms with Gasteiger partial charge in [-0.15, -0.1) is 11.3 Å². The Morgan fingerprint density at radius 2 is 2.27 bits per heavy atom. The molecule has 0 saturated heterocycles. The molecule has 1 aliphatic carbocycles. The third-order valence-corrected chi connectivity index (χ3v) is 5.83. The van der Waals surface area contributed by atoms with Gasteiger partial charge in [0, 0.05) is 18.1 Å². The molecule has 0 fully saturated rings. The number of aromatic nitrogens is 2. The van der Waals surface area contributed by atoms with Crippen LogP contribution in [-0.2, 0) is 24.6 Å². The van der Waals surface area contributed by atoms with Crippen LogP contribution in [0.4, 0.5) is 5.00 Å². The Balaban J connectivity index is 1.93. The predicted molar refractivity (Wildman–Crippen MR) is 102 cm³/mol. The lowest BCUT2D eigenvalue weighted by Gasteiger charge is -2.18. The van der Waals surface area contributed by atoms with Crippen LogP contribution in [0.3, 0.4) is 0 Å². The van der Waals surface area contributed by atoms with Crippen molar-refractivity contribution in [3.63, 3.8) is 0 Å². The minimum Gasteiger partial charge on any atom is -0.462 e. The number of esters is 1. The van der Waals surface area contributed by atoms with Crippen molar-refractivity contribution in [2.24, 2.45) is 13.0 Å². The minimum absolute atomic E-state index is 0.141. The van der Waals surface area contributed by atoms with E-state index < -0.39 is 5.91 Å². The van der Waals surface area contributed by atoms with Crippen molar-refractivity contribution >= 4 is 39.8 Å². The number of amides is 1. The first-order valence-corrected chi connectivity index (χ1v) is 9.92. The van der Waals surface area contributed by atoms with Crippen LogP contribution in [0.1, 0.15) is 58.0 Å². The molecule has 2 heterocycles. The SMILES string of the molecule is CCCOC(=O)c1c(NC(=O)c2nn(C)cc2Cl)sc2c1CC[C@@H](C)C2. The summed E-state index contributed by atoms with van der Waals surface area (Å²) >= 11 is 7.52. The van der Waals surface area contributed by atoms with E-state index in [9.17, 15) is 9.59 Å². The molecule has 6 nitrogen and oxygen atoms in total. The maximum absolute atomic E-state index is 12.6. The molecule has 0 aliphatic heterocycles. The number of halogens is 1. The van der Waals surface area contributed by atoms with Crippen molar-refractivity contribution in [3.05, 3.63) is 32.9 Å². The van der Waals surface area contributed by atoms with Crippen LogP contribution in [0.15, 0.2) is 6.20 Å². The van der Waals surface area contributed by atoms with Gasteiger partial charge >= 0.3 is 5.97 Å². The number of carbonyl (C=O) groups excluding carboxylic acids is 2. The van der Waals surface area contributed by atoms with Crippen LogP contribution in [-0.4, -0.2) is 28.3 Å². The van der Waals surface area contributed by atoms with E-state index in [0.29, 0.717) is 23.1 Å². The summed E-state index contributed by atoms with van der Waals surface area (Å²) in [5.74, 6) is -0.234. The lowest BCUT2D eigenvalue weighted by molar-refractivity contribution is 0.0505. The molecule has 1 N–H and O–H groups in total. The van der Waals surface area contributed by atoms with E-state index in [-0.39, 0.29) is 16.7 Å². The number of carbonyl (C=O) groups is 2. The zero-order valence-electron chi connectivity index (χ0n) is 15.1. The van der Waals surface area contributed by atoms with Gasteiger partial charge in [-0.2, -0.15) is 5.10 Å². The van der Waals surface area contributed by atoms with E-state index in [4.69, 9.17) is 16.3 Å². The van der Waals surface area contributed by atoms with Crippen LogP contribution in [0.25, 0.3) is 0 Å². The summed E-state index contributed by atoms with van der Waals surface area (Å²) in [5, 5.41) is 7.71. The van der Waals surface area contributed by atoms with Crippen molar-refractivity contribution in [2.75, 3.05) is 11.9 Å². The van der Waals surface area contributed by atoms with Crippen LogP contribution < -0.4 is 5.32 Å². The summed E-state index contributed by atoms with van der Waals surface area (Å²) < 4.78 is 6.84. The monoisotopic (exact) mass is 395 g/mol. The number of hydrogen-bond donors (Lipinski definition) is 1. The maximum atomic E-state index is 12.6. The zero-order valence-corrected chi connectivity index (χ0v) is 16.7. The summed E-state index contributed by atoms with van der Waals surface area (Å²) in [4.78, 5) is 26.4. The molecule has 1 atom stereocenters. The normalized spacial score (nSPS) is 16.2. The van der Waals surface area contributed by atoms with Gasteiger partial charge in [-0.3, -0.25) is 9.48 Å². The number of nitrogens with one attached hydrogen (secondary N) is 1. The second-order valence-electron chi connectivity index (χ2n) is 6.65. The first-order valence-electron chi connectivity index (χ1n) is 8.72. The molecule has 8 heteroatoms. The fourth-order valence-electron chi connectivity index (χ4n) is 3.10. The fourth-order valence-corrected chi connectivity index (χ4v) is 4.76. The number of hydrogen-bond acceptors (Lipinski definition) is 5. The topological polar surface area (TPSA) is 73.2 Å². The fraction of sp³-hybridized carbons (Fsp3) is 0.500. The second kappa shape index (κ2) is 7.80. The number of aryl methyl sites for hydroxylation is 1. The molecule has 1 aliphatic rings. The van der Waals surface area contributed by atoms with Gasteiger partial charge in [0.2, 0.25) is 0 Å². The molecule has 26 heavy (non-hydrogen) atoms. The molecular weight excluding hydrogens is 374 g/mol. The van der Waals surface area contributed by atoms with E-state index in [1.54, 1.807) is 13.2 Å². The van der Waals surface area contributed by atoms with Gasteiger partial charge in [0.1, 0.15) is 5.00 Å². The molecular formula is C18H22ClN3O3S. The van der Waals surface area contributed by atoms with Crippen LogP contribution in [0, 0.1) is 5.92 Å².